The Kier molecular flexibility index (Phi) is 5.40. The summed E-state index contributed by atoms with van der Waals surface area (Å²) in [4.78, 5) is 4.07. The second kappa shape index (κ2) is 7.71. The Morgan fingerprint density at radius 2 is 1.88 bits per heavy atom. The quantitative estimate of drug-likeness (QED) is 0.787. The molecule has 2 unspecified atom stereocenters. The predicted octanol–water partition coefficient (Wildman–Crippen LogP) is 3.09. The van der Waals surface area contributed by atoms with Gasteiger partial charge in [0.1, 0.15) is 35.6 Å². The van der Waals surface area contributed by atoms with Crippen molar-refractivity contribution in [3.63, 3.8) is 0 Å². The summed E-state index contributed by atoms with van der Waals surface area (Å²) in [5.74, 6) is -1.24. The van der Waals surface area contributed by atoms with E-state index in [4.69, 9.17) is 13.1 Å². The molecule has 132 valence electrons. The summed E-state index contributed by atoms with van der Waals surface area (Å²) in [5.41, 5.74) is 0.728. The van der Waals surface area contributed by atoms with Crippen LogP contribution in [-0.2, 0) is 20.3 Å². The van der Waals surface area contributed by atoms with Gasteiger partial charge in [0.15, 0.2) is 0 Å². The van der Waals surface area contributed by atoms with E-state index < -0.39 is 29.0 Å². The highest BCUT2D eigenvalue weighted by molar-refractivity contribution is 7.75. The molecule has 5 nitrogen and oxygen atoms in total. The second-order valence-corrected chi connectivity index (χ2v) is 6.19. The highest BCUT2D eigenvalue weighted by Crippen LogP contribution is 2.19. The van der Waals surface area contributed by atoms with Crippen molar-refractivity contribution in [2.75, 3.05) is 13.2 Å². The Labute approximate surface area is 146 Å². The van der Waals surface area contributed by atoms with Gasteiger partial charge in [-0.2, -0.15) is 4.21 Å². The number of halogens is 2. The van der Waals surface area contributed by atoms with Crippen molar-refractivity contribution in [3.8, 4) is 5.75 Å². The monoisotopic (exact) mass is 367 g/mol. The highest BCUT2D eigenvalue weighted by Gasteiger charge is 2.26. The first-order valence-electron chi connectivity index (χ1n) is 7.48. The molecule has 1 aliphatic rings. The molecule has 3 rings (SSSR count). The lowest BCUT2D eigenvalue weighted by atomic mass is 10.2. The van der Waals surface area contributed by atoms with Gasteiger partial charge in [-0.15, -0.1) is 0 Å². The average Bonchev–Trinajstić information content (AvgIpc) is 3.04. The van der Waals surface area contributed by atoms with Crippen LogP contribution in [0.2, 0.25) is 0 Å². The molecular weight excluding hydrogens is 352 g/mol. The van der Waals surface area contributed by atoms with E-state index >= 15 is 0 Å². The fourth-order valence-electron chi connectivity index (χ4n) is 2.17. The molecule has 1 heterocycles. The SMILES string of the molecule is Cc1ccc(OS(=O)OCC2COC(c3c(F)cccc3F)=N2)cc1. The zero-order chi connectivity index (χ0) is 17.8. The van der Waals surface area contributed by atoms with Crippen molar-refractivity contribution in [1.29, 1.82) is 0 Å². The van der Waals surface area contributed by atoms with Crippen molar-refractivity contribution in [2.24, 2.45) is 4.99 Å². The number of aliphatic imine (C=N–C) groups is 1. The molecule has 0 radical (unpaired) electrons. The maximum absolute atomic E-state index is 13.7. The van der Waals surface area contributed by atoms with Gasteiger partial charge in [0, 0.05) is 0 Å². The Morgan fingerprint density at radius 3 is 2.56 bits per heavy atom. The van der Waals surface area contributed by atoms with E-state index in [1.165, 1.54) is 6.07 Å². The molecule has 0 fully saturated rings. The number of ether oxygens (including phenoxy) is 1. The van der Waals surface area contributed by atoms with Crippen LogP contribution in [0.15, 0.2) is 47.5 Å². The molecule has 2 aromatic rings. The first-order chi connectivity index (χ1) is 12.0. The van der Waals surface area contributed by atoms with Gasteiger partial charge in [0.05, 0.1) is 6.61 Å². The molecule has 0 amide bonds. The molecule has 0 bridgehead atoms. The number of benzene rings is 2. The Morgan fingerprint density at radius 1 is 1.20 bits per heavy atom. The van der Waals surface area contributed by atoms with Crippen LogP contribution in [0.25, 0.3) is 0 Å². The summed E-state index contributed by atoms with van der Waals surface area (Å²) >= 11 is -2.01. The van der Waals surface area contributed by atoms with Gasteiger partial charge in [-0.25, -0.2) is 13.8 Å². The van der Waals surface area contributed by atoms with Crippen molar-refractivity contribution < 1.29 is 26.1 Å². The molecule has 25 heavy (non-hydrogen) atoms. The standard InChI is InChI=1S/C17H15F2NO4S/c1-11-5-7-13(8-6-11)24-25(21)23-10-12-9-22-17(20-12)16-14(18)3-2-4-15(16)19/h2-8,12H,9-10H2,1H3. The summed E-state index contributed by atoms with van der Waals surface area (Å²) in [5, 5.41) is 0. The second-order valence-electron chi connectivity index (χ2n) is 5.38. The molecule has 2 atom stereocenters. The van der Waals surface area contributed by atoms with Crippen molar-refractivity contribution in [1.82, 2.24) is 0 Å². The van der Waals surface area contributed by atoms with Gasteiger partial charge in [0.25, 0.3) is 0 Å². The minimum absolute atomic E-state index is 0.0714. The maximum Gasteiger partial charge on any atom is 0.360 e. The fraction of sp³-hybridized carbons (Fsp3) is 0.235. The number of aryl methyl sites for hydroxylation is 1. The summed E-state index contributed by atoms with van der Waals surface area (Å²) in [6.45, 7) is 1.92. The van der Waals surface area contributed by atoms with Gasteiger partial charge < -0.3 is 8.92 Å². The topological polar surface area (TPSA) is 57.1 Å². The van der Waals surface area contributed by atoms with Crippen molar-refractivity contribution >= 4 is 17.3 Å². The molecule has 0 N–H and O–H groups in total. The predicted molar refractivity (Wildman–Crippen MR) is 88.5 cm³/mol. The lowest BCUT2D eigenvalue weighted by molar-refractivity contribution is 0.243. The third kappa shape index (κ3) is 4.40. The van der Waals surface area contributed by atoms with Crippen LogP contribution >= 0.6 is 0 Å². The first-order valence-corrected chi connectivity index (χ1v) is 8.48. The lowest BCUT2D eigenvalue weighted by Crippen LogP contribution is -2.17. The van der Waals surface area contributed by atoms with Crippen molar-refractivity contribution in [2.45, 2.75) is 13.0 Å². The smallest absolute Gasteiger partial charge is 0.360 e. The number of hydrogen-bond donors (Lipinski definition) is 0. The van der Waals surface area contributed by atoms with E-state index in [1.807, 2.05) is 19.1 Å². The van der Waals surface area contributed by atoms with Crippen LogP contribution in [0.1, 0.15) is 11.1 Å². The normalized spacial score (nSPS) is 17.7. The Bertz CT molecular complexity index is 791. The van der Waals surface area contributed by atoms with Gasteiger partial charge >= 0.3 is 11.4 Å². The molecule has 2 aromatic carbocycles. The molecule has 1 aliphatic heterocycles. The van der Waals surface area contributed by atoms with Crippen LogP contribution in [0.5, 0.6) is 5.75 Å². The van der Waals surface area contributed by atoms with E-state index in [0.717, 1.165) is 17.7 Å². The highest BCUT2D eigenvalue weighted by atomic mass is 32.2. The van der Waals surface area contributed by atoms with Crippen LogP contribution in [0.4, 0.5) is 8.78 Å². The lowest BCUT2D eigenvalue weighted by Gasteiger charge is -2.07. The van der Waals surface area contributed by atoms with Crippen molar-refractivity contribution in [3.05, 3.63) is 65.2 Å². The third-order valence-corrected chi connectivity index (χ3v) is 4.09. The zero-order valence-corrected chi connectivity index (χ0v) is 14.1. The minimum atomic E-state index is -2.01. The maximum atomic E-state index is 13.7. The molecule has 8 heteroatoms. The zero-order valence-electron chi connectivity index (χ0n) is 13.3. The summed E-state index contributed by atoms with van der Waals surface area (Å²) in [7, 11) is 0. The molecule has 0 aromatic heterocycles. The molecule has 0 saturated carbocycles. The summed E-state index contributed by atoms with van der Waals surface area (Å²) in [6.07, 6.45) is 0. The van der Waals surface area contributed by atoms with E-state index in [0.29, 0.717) is 5.75 Å². The number of rotatable bonds is 6. The molecule has 0 aliphatic carbocycles. The summed E-state index contributed by atoms with van der Waals surface area (Å²) in [6, 6.07) is 9.96. The van der Waals surface area contributed by atoms with E-state index in [1.54, 1.807) is 12.1 Å². The van der Waals surface area contributed by atoms with Gasteiger partial charge in [0.2, 0.25) is 5.90 Å². The number of nitrogens with zero attached hydrogens (tertiary/aromatic N) is 1. The molecular formula is C17H15F2NO4S. The summed E-state index contributed by atoms with van der Waals surface area (Å²) < 4.78 is 54.6. The van der Waals surface area contributed by atoms with Crippen LogP contribution in [0.3, 0.4) is 0 Å². The van der Waals surface area contributed by atoms with E-state index in [-0.39, 0.29) is 24.7 Å². The average molecular weight is 367 g/mol. The minimum Gasteiger partial charge on any atom is -0.475 e. The van der Waals surface area contributed by atoms with E-state index in [2.05, 4.69) is 4.99 Å². The van der Waals surface area contributed by atoms with Gasteiger partial charge in [-0.3, -0.25) is 4.18 Å². The van der Waals surface area contributed by atoms with Gasteiger partial charge in [-0.1, -0.05) is 23.8 Å². The largest absolute Gasteiger partial charge is 0.475 e. The molecule has 0 spiro atoms. The van der Waals surface area contributed by atoms with E-state index in [9.17, 15) is 13.0 Å². The Hall–Kier alpha value is -2.32. The van der Waals surface area contributed by atoms with Crippen LogP contribution in [-0.4, -0.2) is 29.4 Å². The number of hydrogen-bond acceptors (Lipinski definition) is 5. The van der Waals surface area contributed by atoms with Crippen LogP contribution < -0.4 is 4.18 Å². The van der Waals surface area contributed by atoms with Crippen LogP contribution in [0, 0.1) is 18.6 Å². The van der Waals surface area contributed by atoms with Gasteiger partial charge in [-0.05, 0) is 31.2 Å². The first kappa shape index (κ1) is 17.5. The molecule has 0 saturated heterocycles. The fourth-order valence-corrected chi connectivity index (χ4v) is 2.75. The third-order valence-electron chi connectivity index (χ3n) is 3.43. The Balaban J connectivity index is 1.56.